The number of halogens is 1. The van der Waals surface area contributed by atoms with Gasteiger partial charge in [0, 0.05) is 5.56 Å². The second-order valence-corrected chi connectivity index (χ2v) is 11.1. The largest absolute Gasteiger partial charge is 0.393 e. The van der Waals surface area contributed by atoms with Crippen LogP contribution in [0.15, 0.2) is 35.9 Å². The third-order valence-corrected chi connectivity index (χ3v) is 9.90. The second kappa shape index (κ2) is 7.29. The molecule has 1 aromatic carbocycles. The molecule has 30 heavy (non-hydrogen) atoms. The molecule has 1 N–H and O–H groups in total. The monoisotopic (exact) mass is 410 g/mol. The predicted octanol–water partition coefficient (Wildman–Crippen LogP) is 6.34. The van der Waals surface area contributed by atoms with Crippen molar-refractivity contribution in [1.29, 1.82) is 0 Å². The van der Waals surface area contributed by atoms with Crippen molar-refractivity contribution >= 4 is 5.78 Å². The van der Waals surface area contributed by atoms with Gasteiger partial charge in [0.15, 0.2) is 5.78 Å². The van der Waals surface area contributed by atoms with E-state index < -0.39 is 0 Å². The standard InChI is InChI=1S/C27H35FO2/c1-26-12-10-21(29)15-18(26)6-8-22-23-9-7-19(27(23,2)13-11-24(22)26)16-25(30)17-4-3-5-20(28)14-17/h3-5,14,16,18,21-24,29H,6-13,15H2,1-2H3/b19-16+/t18-,21-,22-,23-,24-,26-,27+/m0/s1. The maximum Gasteiger partial charge on any atom is 0.185 e. The van der Waals surface area contributed by atoms with Crippen LogP contribution in [0.4, 0.5) is 4.39 Å². The fourth-order valence-corrected chi connectivity index (χ4v) is 8.20. The Balaban J connectivity index is 1.40. The molecule has 2 nitrogen and oxygen atoms in total. The van der Waals surface area contributed by atoms with Gasteiger partial charge in [-0.2, -0.15) is 0 Å². The van der Waals surface area contributed by atoms with Crippen LogP contribution in [0.25, 0.3) is 0 Å². The zero-order chi connectivity index (χ0) is 21.1. The first kappa shape index (κ1) is 20.4. The summed E-state index contributed by atoms with van der Waals surface area (Å²) < 4.78 is 13.6. The van der Waals surface area contributed by atoms with Crippen LogP contribution in [-0.4, -0.2) is 17.0 Å². The van der Waals surface area contributed by atoms with Crippen LogP contribution in [0.5, 0.6) is 0 Å². The van der Waals surface area contributed by atoms with Crippen molar-refractivity contribution in [2.24, 2.45) is 34.5 Å². The Morgan fingerprint density at radius 3 is 2.73 bits per heavy atom. The van der Waals surface area contributed by atoms with Gasteiger partial charge in [0.25, 0.3) is 0 Å². The van der Waals surface area contributed by atoms with Crippen LogP contribution in [0.3, 0.4) is 0 Å². The van der Waals surface area contributed by atoms with Crippen molar-refractivity contribution in [3.63, 3.8) is 0 Å². The highest BCUT2D eigenvalue weighted by atomic mass is 19.1. The summed E-state index contributed by atoms with van der Waals surface area (Å²) in [5.41, 5.74) is 2.25. The minimum absolute atomic E-state index is 0.0505. The van der Waals surface area contributed by atoms with Crippen molar-refractivity contribution in [2.45, 2.75) is 77.7 Å². The Hall–Kier alpha value is -1.48. The highest BCUT2D eigenvalue weighted by Gasteiger charge is 2.58. The summed E-state index contributed by atoms with van der Waals surface area (Å²) >= 11 is 0. The number of carbonyl (C=O) groups is 1. The smallest absolute Gasteiger partial charge is 0.185 e. The van der Waals surface area contributed by atoms with Gasteiger partial charge in [-0.05, 0) is 110 Å². The van der Waals surface area contributed by atoms with Crippen LogP contribution < -0.4 is 0 Å². The molecular formula is C27H35FO2. The van der Waals surface area contributed by atoms with Crippen LogP contribution in [0.2, 0.25) is 0 Å². The Morgan fingerprint density at radius 2 is 1.93 bits per heavy atom. The zero-order valence-corrected chi connectivity index (χ0v) is 18.4. The molecule has 0 unspecified atom stereocenters. The summed E-state index contributed by atoms with van der Waals surface area (Å²) in [7, 11) is 0. The average Bonchev–Trinajstić information content (AvgIpc) is 3.05. The summed E-state index contributed by atoms with van der Waals surface area (Å²) in [5.74, 6) is 2.45. The Bertz CT molecular complexity index is 875. The lowest BCUT2D eigenvalue weighted by molar-refractivity contribution is -0.116. The van der Waals surface area contributed by atoms with E-state index in [-0.39, 0.29) is 23.1 Å². The molecule has 5 rings (SSSR count). The number of aliphatic hydroxyl groups excluding tert-OH is 1. The molecular weight excluding hydrogens is 375 g/mol. The molecule has 4 aliphatic rings. The predicted molar refractivity (Wildman–Crippen MR) is 117 cm³/mol. The van der Waals surface area contributed by atoms with E-state index in [4.69, 9.17) is 0 Å². The minimum Gasteiger partial charge on any atom is -0.393 e. The van der Waals surface area contributed by atoms with E-state index in [1.807, 2.05) is 6.08 Å². The third kappa shape index (κ3) is 3.11. The van der Waals surface area contributed by atoms with Crippen molar-refractivity contribution in [3.8, 4) is 0 Å². The number of hydrogen-bond acceptors (Lipinski definition) is 2. The lowest BCUT2D eigenvalue weighted by Gasteiger charge is -2.60. The molecule has 162 valence electrons. The molecule has 1 aromatic rings. The second-order valence-electron chi connectivity index (χ2n) is 11.1. The molecule has 4 saturated carbocycles. The maximum atomic E-state index is 13.6. The number of aliphatic hydroxyl groups is 1. The third-order valence-electron chi connectivity index (χ3n) is 9.90. The first-order valence-electron chi connectivity index (χ1n) is 12.0. The van der Waals surface area contributed by atoms with Gasteiger partial charge in [-0.1, -0.05) is 31.6 Å². The summed E-state index contributed by atoms with van der Waals surface area (Å²) in [6, 6.07) is 6.07. The van der Waals surface area contributed by atoms with Crippen molar-refractivity contribution in [3.05, 3.63) is 47.3 Å². The summed E-state index contributed by atoms with van der Waals surface area (Å²) in [4.78, 5) is 12.9. The van der Waals surface area contributed by atoms with E-state index in [0.717, 1.165) is 37.5 Å². The van der Waals surface area contributed by atoms with Gasteiger partial charge in [-0.3, -0.25) is 4.79 Å². The first-order valence-corrected chi connectivity index (χ1v) is 12.0. The van der Waals surface area contributed by atoms with Crippen LogP contribution in [0.1, 0.15) is 82.0 Å². The van der Waals surface area contributed by atoms with Gasteiger partial charge in [-0.25, -0.2) is 4.39 Å². The Morgan fingerprint density at radius 1 is 1.10 bits per heavy atom. The topological polar surface area (TPSA) is 37.3 Å². The van der Waals surface area contributed by atoms with E-state index in [9.17, 15) is 14.3 Å². The molecule has 0 aromatic heterocycles. The van der Waals surface area contributed by atoms with E-state index in [1.54, 1.807) is 12.1 Å². The number of carbonyl (C=O) groups excluding carboxylic acids is 1. The van der Waals surface area contributed by atoms with Gasteiger partial charge >= 0.3 is 0 Å². The zero-order valence-electron chi connectivity index (χ0n) is 18.4. The van der Waals surface area contributed by atoms with Crippen molar-refractivity contribution < 1.29 is 14.3 Å². The molecule has 7 atom stereocenters. The fraction of sp³-hybridized carbons (Fsp3) is 0.667. The SMILES string of the molecule is C[C@]12CC[C@H](O)C[C@@H]1CC[C@@H]1[C@@H]2CC[C@]2(C)/C(=C/C(=O)c3cccc(F)c3)CC[C@@H]12. The van der Waals surface area contributed by atoms with Gasteiger partial charge in [-0.15, -0.1) is 0 Å². The van der Waals surface area contributed by atoms with Crippen LogP contribution in [0, 0.1) is 40.3 Å². The van der Waals surface area contributed by atoms with Gasteiger partial charge in [0.05, 0.1) is 6.10 Å². The van der Waals surface area contributed by atoms with Crippen molar-refractivity contribution in [2.75, 3.05) is 0 Å². The van der Waals surface area contributed by atoms with Gasteiger partial charge < -0.3 is 5.11 Å². The Kier molecular flexibility index (Phi) is 4.96. The number of hydrogen-bond donors (Lipinski definition) is 1. The maximum absolute atomic E-state index is 13.6. The van der Waals surface area contributed by atoms with E-state index in [0.29, 0.717) is 22.8 Å². The van der Waals surface area contributed by atoms with E-state index in [2.05, 4.69) is 13.8 Å². The minimum atomic E-state index is -0.349. The number of fused-ring (bicyclic) bond motifs is 5. The summed E-state index contributed by atoms with van der Waals surface area (Å²) in [5, 5.41) is 10.2. The van der Waals surface area contributed by atoms with Crippen LogP contribution in [-0.2, 0) is 0 Å². The summed E-state index contributed by atoms with van der Waals surface area (Å²) in [6.07, 6.45) is 12.0. The molecule has 4 aliphatic carbocycles. The quantitative estimate of drug-likeness (QED) is 0.456. The lowest BCUT2D eigenvalue weighted by atomic mass is 9.45. The molecule has 0 spiro atoms. The lowest BCUT2D eigenvalue weighted by Crippen LogP contribution is -2.53. The highest BCUT2D eigenvalue weighted by Crippen LogP contribution is 2.67. The molecule has 0 radical (unpaired) electrons. The molecule has 4 fully saturated rings. The van der Waals surface area contributed by atoms with E-state index >= 15 is 0 Å². The number of rotatable bonds is 2. The fourth-order valence-electron chi connectivity index (χ4n) is 8.20. The normalized spacial score (nSPS) is 44.3. The summed E-state index contributed by atoms with van der Waals surface area (Å²) in [6.45, 7) is 4.91. The van der Waals surface area contributed by atoms with Gasteiger partial charge in [0.1, 0.15) is 5.82 Å². The first-order chi connectivity index (χ1) is 14.3. The average molecular weight is 411 g/mol. The highest BCUT2D eigenvalue weighted by molar-refractivity contribution is 6.05. The van der Waals surface area contributed by atoms with Crippen molar-refractivity contribution in [1.82, 2.24) is 0 Å². The van der Waals surface area contributed by atoms with Gasteiger partial charge in [0.2, 0.25) is 0 Å². The Labute approximate surface area is 180 Å². The molecule has 0 aliphatic heterocycles. The number of ketones is 1. The molecule has 0 saturated heterocycles. The molecule has 3 heteroatoms. The number of allylic oxidation sites excluding steroid dienone is 2. The van der Waals surface area contributed by atoms with Crippen LogP contribution >= 0.6 is 0 Å². The molecule has 0 amide bonds. The number of benzene rings is 1. The van der Waals surface area contributed by atoms with E-state index in [1.165, 1.54) is 49.8 Å². The molecule has 0 heterocycles. The molecule has 0 bridgehead atoms.